The van der Waals surface area contributed by atoms with Gasteiger partial charge in [-0.3, -0.25) is 4.79 Å². The molecular weight excluding hydrogens is 394 g/mol. The van der Waals surface area contributed by atoms with Gasteiger partial charge in [0.1, 0.15) is 6.61 Å². The van der Waals surface area contributed by atoms with Crippen molar-refractivity contribution in [1.29, 1.82) is 0 Å². The number of pyridine rings is 1. The van der Waals surface area contributed by atoms with E-state index in [-0.39, 0.29) is 22.6 Å². The van der Waals surface area contributed by atoms with Gasteiger partial charge in [-0.15, -0.1) is 0 Å². The molecule has 1 aliphatic heterocycles. The number of benzene rings is 2. The van der Waals surface area contributed by atoms with E-state index in [0.29, 0.717) is 41.0 Å². The maximum atomic E-state index is 13.1. The fraction of sp³-hybridized carbons (Fsp3) is 0.0952. The Bertz CT molecular complexity index is 1130. The number of aromatic carboxylic acids is 1. The molecule has 146 valence electrons. The molecule has 2 aromatic carbocycles. The van der Waals surface area contributed by atoms with Crippen molar-refractivity contribution >= 4 is 40.5 Å². The first-order chi connectivity index (χ1) is 14.0. The lowest BCUT2D eigenvalue weighted by Gasteiger charge is -2.31. The van der Waals surface area contributed by atoms with Crippen molar-refractivity contribution in [2.45, 2.75) is 0 Å². The standard InChI is InChI=1S/C21H16ClN3O4/c22-15-4-2-8-24-20(15)25-9-10-29-19-14(3-1-5-17(19)25)18(26)12-6-7-13(21(27)28)16(23)11-12/h1-8,11H,9-10,23H2,(H,27,28). The Kier molecular flexibility index (Phi) is 4.82. The number of anilines is 3. The van der Waals surface area contributed by atoms with Crippen molar-refractivity contribution in [2.24, 2.45) is 0 Å². The zero-order valence-electron chi connectivity index (χ0n) is 15.1. The number of nitrogens with two attached hydrogens (primary N) is 1. The lowest BCUT2D eigenvalue weighted by atomic mass is 9.99. The Labute approximate surface area is 171 Å². The Morgan fingerprint density at radius 3 is 2.69 bits per heavy atom. The molecule has 0 fully saturated rings. The first-order valence-corrected chi connectivity index (χ1v) is 9.16. The molecule has 1 aliphatic rings. The van der Waals surface area contributed by atoms with Crippen molar-refractivity contribution in [3.63, 3.8) is 0 Å². The highest BCUT2D eigenvalue weighted by Gasteiger charge is 2.27. The fourth-order valence-corrected chi connectivity index (χ4v) is 3.50. The van der Waals surface area contributed by atoms with E-state index >= 15 is 0 Å². The molecule has 29 heavy (non-hydrogen) atoms. The van der Waals surface area contributed by atoms with Crippen LogP contribution >= 0.6 is 11.6 Å². The van der Waals surface area contributed by atoms with Gasteiger partial charge in [0.05, 0.1) is 28.4 Å². The monoisotopic (exact) mass is 409 g/mol. The Morgan fingerprint density at radius 1 is 1.14 bits per heavy atom. The van der Waals surface area contributed by atoms with E-state index in [1.54, 1.807) is 30.5 Å². The molecule has 0 saturated carbocycles. The molecule has 0 saturated heterocycles. The summed E-state index contributed by atoms with van der Waals surface area (Å²) in [6.07, 6.45) is 1.65. The van der Waals surface area contributed by atoms with Crippen LogP contribution in [0.25, 0.3) is 0 Å². The third-order valence-corrected chi connectivity index (χ3v) is 4.92. The number of ether oxygens (including phenoxy) is 1. The Morgan fingerprint density at radius 2 is 1.97 bits per heavy atom. The van der Waals surface area contributed by atoms with E-state index < -0.39 is 5.97 Å². The third kappa shape index (κ3) is 3.36. The highest BCUT2D eigenvalue weighted by molar-refractivity contribution is 6.33. The van der Waals surface area contributed by atoms with Gasteiger partial charge in [0.15, 0.2) is 17.4 Å². The zero-order valence-corrected chi connectivity index (χ0v) is 15.9. The summed E-state index contributed by atoms with van der Waals surface area (Å²) in [4.78, 5) is 30.5. The van der Waals surface area contributed by atoms with Crippen molar-refractivity contribution < 1.29 is 19.4 Å². The normalized spacial score (nSPS) is 12.8. The van der Waals surface area contributed by atoms with Crippen LogP contribution in [0.5, 0.6) is 5.75 Å². The highest BCUT2D eigenvalue weighted by Crippen LogP contribution is 2.41. The molecule has 0 spiro atoms. The van der Waals surface area contributed by atoms with Crippen molar-refractivity contribution in [3.8, 4) is 5.75 Å². The molecule has 3 N–H and O–H groups in total. The molecule has 3 aromatic rings. The number of fused-ring (bicyclic) bond motifs is 1. The van der Waals surface area contributed by atoms with E-state index in [9.17, 15) is 9.59 Å². The maximum absolute atomic E-state index is 13.1. The number of rotatable bonds is 4. The molecule has 4 rings (SSSR count). The largest absolute Gasteiger partial charge is 0.489 e. The summed E-state index contributed by atoms with van der Waals surface area (Å²) < 4.78 is 5.82. The predicted octanol–water partition coefficient (Wildman–Crippen LogP) is 3.78. The molecule has 0 aliphatic carbocycles. The molecule has 1 aromatic heterocycles. The summed E-state index contributed by atoms with van der Waals surface area (Å²) >= 11 is 6.31. The first-order valence-electron chi connectivity index (χ1n) is 8.78. The molecule has 0 radical (unpaired) electrons. The summed E-state index contributed by atoms with van der Waals surface area (Å²) in [7, 11) is 0. The second kappa shape index (κ2) is 7.44. The lowest BCUT2D eigenvalue weighted by molar-refractivity contribution is 0.0697. The van der Waals surface area contributed by atoms with E-state index in [1.165, 1.54) is 18.2 Å². The van der Waals surface area contributed by atoms with Crippen LogP contribution in [0.1, 0.15) is 26.3 Å². The topological polar surface area (TPSA) is 106 Å². The molecule has 0 bridgehead atoms. The van der Waals surface area contributed by atoms with Crippen LogP contribution in [-0.4, -0.2) is 35.0 Å². The molecule has 0 unspecified atom stereocenters. The smallest absolute Gasteiger partial charge is 0.337 e. The Balaban J connectivity index is 1.76. The van der Waals surface area contributed by atoms with Gasteiger partial charge in [-0.05, 0) is 36.4 Å². The average Bonchev–Trinajstić information content (AvgIpc) is 2.72. The highest BCUT2D eigenvalue weighted by atomic mass is 35.5. The van der Waals surface area contributed by atoms with E-state index in [2.05, 4.69) is 4.98 Å². The van der Waals surface area contributed by atoms with Gasteiger partial charge < -0.3 is 20.5 Å². The van der Waals surface area contributed by atoms with Gasteiger partial charge in [-0.1, -0.05) is 23.7 Å². The Hall–Kier alpha value is -3.58. The number of carbonyl (C=O) groups is 2. The van der Waals surface area contributed by atoms with Gasteiger partial charge >= 0.3 is 5.97 Å². The van der Waals surface area contributed by atoms with Crippen LogP contribution in [0.3, 0.4) is 0 Å². The van der Waals surface area contributed by atoms with Crippen LogP contribution in [0.15, 0.2) is 54.7 Å². The number of nitrogen functional groups attached to an aromatic ring is 1. The van der Waals surface area contributed by atoms with E-state index in [1.807, 2.05) is 11.0 Å². The molecule has 0 atom stereocenters. The van der Waals surface area contributed by atoms with Crippen LogP contribution < -0.4 is 15.4 Å². The number of ketones is 1. The molecule has 2 heterocycles. The number of carbonyl (C=O) groups excluding carboxylic acids is 1. The summed E-state index contributed by atoms with van der Waals surface area (Å²) in [6, 6.07) is 12.9. The first kappa shape index (κ1) is 18.8. The van der Waals surface area contributed by atoms with Crippen LogP contribution in [0, 0.1) is 0 Å². The molecule has 8 heteroatoms. The summed E-state index contributed by atoms with van der Waals surface area (Å²) in [5.74, 6) is -0.464. The summed E-state index contributed by atoms with van der Waals surface area (Å²) in [5.41, 5.74) is 7.07. The summed E-state index contributed by atoms with van der Waals surface area (Å²) in [6.45, 7) is 0.881. The molecule has 7 nitrogen and oxygen atoms in total. The minimum Gasteiger partial charge on any atom is -0.489 e. The number of carboxylic acid groups (broad SMARTS) is 1. The lowest BCUT2D eigenvalue weighted by Crippen LogP contribution is -2.30. The van der Waals surface area contributed by atoms with Crippen molar-refractivity contribution in [3.05, 3.63) is 76.4 Å². The van der Waals surface area contributed by atoms with Crippen molar-refractivity contribution in [1.82, 2.24) is 4.98 Å². The number of aromatic nitrogens is 1. The number of nitrogens with zero attached hydrogens (tertiary/aromatic N) is 2. The van der Waals surface area contributed by atoms with Crippen molar-refractivity contribution in [2.75, 3.05) is 23.8 Å². The number of carboxylic acids is 1. The molecule has 0 amide bonds. The van der Waals surface area contributed by atoms with Crippen LogP contribution in [0.4, 0.5) is 17.2 Å². The quantitative estimate of drug-likeness (QED) is 0.499. The zero-order chi connectivity index (χ0) is 20.5. The number of para-hydroxylation sites is 1. The van der Waals surface area contributed by atoms with E-state index in [4.69, 9.17) is 27.2 Å². The SMILES string of the molecule is Nc1cc(C(=O)c2cccc3c2OCCN3c2ncccc2Cl)ccc1C(=O)O. The second-order valence-corrected chi connectivity index (χ2v) is 6.81. The fourth-order valence-electron chi connectivity index (χ4n) is 3.28. The van der Waals surface area contributed by atoms with Gasteiger partial charge in [0, 0.05) is 17.4 Å². The molecular formula is C21H16ClN3O4. The number of halogens is 1. The second-order valence-electron chi connectivity index (χ2n) is 6.40. The summed E-state index contributed by atoms with van der Waals surface area (Å²) in [5, 5.41) is 9.62. The minimum atomic E-state index is -1.15. The van der Waals surface area contributed by atoms with Gasteiger partial charge in [0.2, 0.25) is 0 Å². The van der Waals surface area contributed by atoms with E-state index in [0.717, 1.165) is 0 Å². The van der Waals surface area contributed by atoms with Crippen LogP contribution in [0.2, 0.25) is 5.02 Å². The van der Waals surface area contributed by atoms with Crippen LogP contribution in [-0.2, 0) is 0 Å². The third-order valence-electron chi connectivity index (χ3n) is 4.63. The number of hydrogen-bond acceptors (Lipinski definition) is 6. The maximum Gasteiger partial charge on any atom is 0.337 e. The minimum absolute atomic E-state index is 0.0240. The average molecular weight is 410 g/mol. The number of hydrogen-bond donors (Lipinski definition) is 2. The van der Waals surface area contributed by atoms with Gasteiger partial charge in [-0.25, -0.2) is 9.78 Å². The van der Waals surface area contributed by atoms with Gasteiger partial charge in [-0.2, -0.15) is 0 Å². The predicted molar refractivity (Wildman–Crippen MR) is 109 cm³/mol. The van der Waals surface area contributed by atoms with Gasteiger partial charge in [0.25, 0.3) is 0 Å².